The Hall–Kier alpha value is -1.39. The van der Waals surface area contributed by atoms with E-state index in [-0.39, 0.29) is 17.5 Å². The summed E-state index contributed by atoms with van der Waals surface area (Å²) in [6.45, 7) is 8.03. The van der Waals surface area contributed by atoms with Crippen molar-refractivity contribution in [3.8, 4) is 0 Å². The fraction of sp³-hybridized carbons (Fsp3) is 0.562. The van der Waals surface area contributed by atoms with Crippen molar-refractivity contribution in [3.63, 3.8) is 0 Å². The molecule has 4 nitrogen and oxygen atoms in total. The standard InChI is InChI=1S/C16H25N3O/c1-16(2,3)18-15(20)11-19-9-13(14(17)10-19)12-7-5-4-6-8-12/h4-8,13-14H,9-11,17H2,1-3H3,(H,18,20)/t13-,14+/m0/s1. The maximum absolute atomic E-state index is 12.0. The van der Waals surface area contributed by atoms with Crippen LogP contribution in [0.4, 0.5) is 0 Å². The highest BCUT2D eigenvalue weighted by Gasteiger charge is 2.32. The summed E-state index contributed by atoms with van der Waals surface area (Å²) in [6.07, 6.45) is 0. The van der Waals surface area contributed by atoms with Gasteiger partial charge >= 0.3 is 0 Å². The summed E-state index contributed by atoms with van der Waals surface area (Å²) >= 11 is 0. The largest absolute Gasteiger partial charge is 0.350 e. The highest BCUT2D eigenvalue weighted by atomic mass is 16.2. The van der Waals surface area contributed by atoms with Gasteiger partial charge in [-0.3, -0.25) is 9.69 Å². The second-order valence-corrected chi connectivity index (χ2v) is 6.67. The Labute approximate surface area is 121 Å². The van der Waals surface area contributed by atoms with Crippen molar-refractivity contribution in [1.29, 1.82) is 0 Å². The molecule has 0 bridgehead atoms. The van der Waals surface area contributed by atoms with Crippen LogP contribution in [0.2, 0.25) is 0 Å². The van der Waals surface area contributed by atoms with Gasteiger partial charge in [-0.05, 0) is 26.3 Å². The summed E-state index contributed by atoms with van der Waals surface area (Å²) in [5.41, 5.74) is 7.31. The molecule has 4 heteroatoms. The van der Waals surface area contributed by atoms with Gasteiger partial charge in [0.05, 0.1) is 6.54 Å². The van der Waals surface area contributed by atoms with Gasteiger partial charge in [0.15, 0.2) is 0 Å². The van der Waals surface area contributed by atoms with Crippen molar-refractivity contribution in [2.45, 2.75) is 38.3 Å². The Morgan fingerprint density at radius 1 is 1.30 bits per heavy atom. The lowest BCUT2D eigenvalue weighted by molar-refractivity contribution is -0.123. The number of carbonyl (C=O) groups excluding carboxylic acids is 1. The third-order valence-electron chi connectivity index (χ3n) is 3.55. The fourth-order valence-electron chi connectivity index (χ4n) is 2.76. The van der Waals surface area contributed by atoms with Crippen LogP contribution in [0, 0.1) is 0 Å². The molecule has 0 saturated carbocycles. The van der Waals surface area contributed by atoms with Crippen LogP contribution in [-0.2, 0) is 4.79 Å². The maximum Gasteiger partial charge on any atom is 0.234 e. The lowest BCUT2D eigenvalue weighted by atomic mass is 9.95. The third kappa shape index (κ3) is 4.05. The van der Waals surface area contributed by atoms with Gasteiger partial charge in [-0.15, -0.1) is 0 Å². The Morgan fingerprint density at radius 3 is 2.55 bits per heavy atom. The predicted octanol–water partition coefficient (Wildman–Crippen LogP) is 1.33. The third-order valence-corrected chi connectivity index (χ3v) is 3.55. The van der Waals surface area contributed by atoms with Crippen LogP contribution in [0.25, 0.3) is 0 Å². The maximum atomic E-state index is 12.0. The second kappa shape index (κ2) is 5.94. The highest BCUT2D eigenvalue weighted by molar-refractivity contribution is 5.78. The van der Waals surface area contributed by atoms with E-state index in [1.165, 1.54) is 5.56 Å². The number of hydrogen-bond donors (Lipinski definition) is 2. The van der Waals surface area contributed by atoms with E-state index in [0.29, 0.717) is 12.5 Å². The molecular weight excluding hydrogens is 250 g/mol. The molecule has 1 saturated heterocycles. The molecule has 0 aromatic heterocycles. The molecule has 110 valence electrons. The fourth-order valence-corrected chi connectivity index (χ4v) is 2.76. The number of benzene rings is 1. The molecule has 1 amide bonds. The first-order chi connectivity index (χ1) is 9.35. The molecule has 0 aliphatic carbocycles. The lowest BCUT2D eigenvalue weighted by Crippen LogP contribution is -2.45. The number of hydrogen-bond acceptors (Lipinski definition) is 3. The SMILES string of the molecule is CC(C)(C)NC(=O)CN1C[C@@H](N)[C@H](c2ccccc2)C1. The topological polar surface area (TPSA) is 58.4 Å². The number of amides is 1. The van der Waals surface area contributed by atoms with Gasteiger partial charge < -0.3 is 11.1 Å². The van der Waals surface area contributed by atoms with Gasteiger partial charge in [0.2, 0.25) is 5.91 Å². The van der Waals surface area contributed by atoms with Crippen LogP contribution in [0.5, 0.6) is 0 Å². The van der Waals surface area contributed by atoms with E-state index >= 15 is 0 Å². The van der Waals surface area contributed by atoms with E-state index < -0.39 is 0 Å². The number of likely N-dealkylation sites (tertiary alicyclic amines) is 1. The minimum atomic E-state index is -0.183. The summed E-state index contributed by atoms with van der Waals surface area (Å²) in [7, 11) is 0. The van der Waals surface area contributed by atoms with E-state index in [2.05, 4.69) is 22.3 Å². The molecule has 1 heterocycles. The molecule has 0 spiro atoms. The van der Waals surface area contributed by atoms with E-state index in [1.54, 1.807) is 0 Å². The molecule has 0 radical (unpaired) electrons. The van der Waals surface area contributed by atoms with E-state index in [0.717, 1.165) is 13.1 Å². The Morgan fingerprint density at radius 2 is 1.95 bits per heavy atom. The van der Waals surface area contributed by atoms with Crippen molar-refractivity contribution in [2.75, 3.05) is 19.6 Å². The van der Waals surface area contributed by atoms with Crippen LogP contribution >= 0.6 is 0 Å². The first-order valence-corrected chi connectivity index (χ1v) is 7.19. The number of nitrogens with two attached hydrogens (primary N) is 1. The zero-order valence-corrected chi connectivity index (χ0v) is 12.6. The average Bonchev–Trinajstić information content (AvgIpc) is 2.68. The normalized spacial score (nSPS) is 23.8. The van der Waals surface area contributed by atoms with Crippen LogP contribution in [0.3, 0.4) is 0 Å². The van der Waals surface area contributed by atoms with Gasteiger partial charge in [-0.25, -0.2) is 0 Å². The van der Waals surface area contributed by atoms with Crippen molar-refractivity contribution in [1.82, 2.24) is 10.2 Å². The van der Waals surface area contributed by atoms with E-state index in [1.807, 2.05) is 39.0 Å². The van der Waals surface area contributed by atoms with Gasteiger partial charge in [0.1, 0.15) is 0 Å². The molecule has 1 fully saturated rings. The zero-order chi connectivity index (χ0) is 14.8. The Kier molecular flexibility index (Phi) is 4.45. The van der Waals surface area contributed by atoms with Gasteiger partial charge in [-0.1, -0.05) is 30.3 Å². The number of nitrogens with zero attached hydrogens (tertiary/aromatic N) is 1. The van der Waals surface area contributed by atoms with Crippen molar-refractivity contribution in [3.05, 3.63) is 35.9 Å². The molecule has 20 heavy (non-hydrogen) atoms. The van der Waals surface area contributed by atoms with E-state index in [4.69, 9.17) is 5.73 Å². The monoisotopic (exact) mass is 275 g/mol. The molecule has 1 aliphatic heterocycles. The van der Waals surface area contributed by atoms with Crippen LogP contribution in [0.1, 0.15) is 32.3 Å². The van der Waals surface area contributed by atoms with Crippen molar-refractivity contribution in [2.24, 2.45) is 5.73 Å². The molecular formula is C16H25N3O. The summed E-state index contributed by atoms with van der Waals surface area (Å²) in [5, 5.41) is 2.99. The number of carbonyl (C=O) groups is 1. The number of rotatable bonds is 3. The summed E-state index contributed by atoms with van der Waals surface area (Å²) in [5.74, 6) is 0.386. The average molecular weight is 275 g/mol. The van der Waals surface area contributed by atoms with E-state index in [9.17, 15) is 4.79 Å². The minimum Gasteiger partial charge on any atom is -0.350 e. The first kappa shape index (κ1) is 15.0. The Bertz CT molecular complexity index is 453. The van der Waals surface area contributed by atoms with Crippen LogP contribution < -0.4 is 11.1 Å². The predicted molar refractivity (Wildman–Crippen MR) is 81.5 cm³/mol. The molecule has 2 rings (SSSR count). The molecule has 2 atom stereocenters. The Balaban J connectivity index is 1.93. The summed E-state index contributed by atoms with van der Waals surface area (Å²) in [6, 6.07) is 10.4. The molecule has 1 aliphatic rings. The van der Waals surface area contributed by atoms with Crippen molar-refractivity contribution >= 4 is 5.91 Å². The van der Waals surface area contributed by atoms with Gasteiger partial charge in [-0.2, -0.15) is 0 Å². The smallest absolute Gasteiger partial charge is 0.234 e. The van der Waals surface area contributed by atoms with Gasteiger partial charge in [0.25, 0.3) is 0 Å². The lowest BCUT2D eigenvalue weighted by Gasteiger charge is -2.23. The number of nitrogens with one attached hydrogen (secondary N) is 1. The second-order valence-electron chi connectivity index (χ2n) is 6.67. The van der Waals surface area contributed by atoms with Crippen LogP contribution in [0.15, 0.2) is 30.3 Å². The molecule has 1 aromatic carbocycles. The molecule has 3 N–H and O–H groups in total. The summed E-state index contributed by atoms with van der Waals surface area (Å²) in [4.78, 5) is 14.1. The molecule has 0 unspecified atom stereocenters. The molecule has 1 aromatic rings. The quantitative estimate of drug-likeness (QED) is 0.875. The first-order valence-electron chi connectivity index (χ1n) is 7.19. The highest BCUT2D eigenvalue weighted by Crippen LogP contribution is 2.25. The van der Waals surface area contributed by atoms with Crippen molar-refractivity contribution < 1.29 is 4.79 Å². The van der Waals surface area contributed by atoms with Gasteiger partial charge in [0, 0.05) is 30.6 Å². The zero-order valence-electron chi connectivity index (χ0n) is 12.6. The summed E-state index contributed by atoms with van der Waals surface area (Å²) < 4.78 is 0. The minimum absolute atomic E-state index is 0.0680. The van der Waals surface area contributed by atoms with Crippen LogP contribution in [-0.4, -0.2) is 42.0 Å².